The number of rotatable bonds is 6. The summed E-state index contributed by atoms with van der Waals surface area (Å²) in [6, 6.07) is 8.07. The summed E-state index contributed by atoms with van der Waals surface area (Å²) in [7, 11) is 0. The van der Waals surface area contributed by atoms with Crippen LogP contribution in [-0.2, 0) is 0 Å². The van der Waals surface area contributed by atoms with Gasteiger partial charge in [-0.2, -0.15) is 0 Å². The Morgan fingerprint density at radius 3 is 2.38 bits per heavy atom. The van der Waals surface area contributed by atoms with Gasteiger partial charge in [-0.1, -0.05) is 38.1 Å². The van der Waals surface area contributed by atoms with E-state index in [1.54, 1.807) is 0 Å². The molecule has 1 atom stereocenters. The van der Waals surface area contributed by atoms with E-state index in [0.29, 0.717) is 0 Å². The van der Waals surface area contributed by atoms with Crippen molar-refractivity contribution >= 4 is 0 Å². The highest BCUT2D eigenvalue weighted by molar-refractivity contribution is 5.27. The third kappa shape index (κ3) is 3.62. The highest BCUT2D eigenvalue weighted by atomic mass is 16.3. The summed E-state index contributed by atoms with van der Waals surface area (Å²) in [5.74, 6) is 0. The van der Waals surface area contributed by atoms with Crippen molar-refractivity contribution in [1.82, 2.24) is 4.90 Å². The summed E-state index contributed by atoms with van der Waals surface area (Å²) in [5, 5.41) is 10.1. The highest BCUT2D eigenvalue weighted by Gasteiger charge is 2.10. The molecule has 2 nitrogen and oxygen atoms in total. The number of aliphatic hydroxyl groups is 1. The van der Waals surface area contributed by atoms with E-state index in [1.807, 2.05) is 18.2 Å². The van der Waals surface area contributed by atoms with Gasteiger partial charge < -0.3 is 10.0 Å². The van der Waals surface area contributed by atoms with Gasteiger partial charge in [-0.25, -0.2) is 0 Å². The molecular weight excluding hydrogens is 198 g/mol. The number of hydrogen-bond acceptors (Lipinski definition) is 2. The topological polar surface area (TPSA) is 23.5 Å². The van der Waals surface area contributed by atoms with Crippen LogP contribution in [0, 0.1) is 6.92 Å². The molecule has 0 heterocycles. The predicted molar refractivity (Wildman–Crippen MR) is 68.5 cm³/mol. The average molecular weight is 221 g/mol. The Morgan fingerprint density at radius 2 is 1.81 bits per heavy atom. The molecule has 2 heteroatoms. The minimum atomic E-state index is -0.332. The van der Waals surface area contributed by atoms with Crippen LogP contribution in [0.5, 0.6) is 0 Å². The molecule has 0 aromatic heterocycles. The lowest BCUT2D eigenvalue weighted by molar-refractivity contribution is 0.144. The summed E-state index contributed by atoms with van der Waals surface area (Å²) < 4.78 is 0. The molecule has 1 N–H and O–H groups in total. The van der Waals surface area contributed by atoms with Crippen LogP contribution >= 0.6 is 0 Å². The predicted octanol–water partition coefficient (Wildman–Crippen LogP) is 2.76. The fourth-order valence-electron chi connectivity index (χ4n) is 1.96. The fourth-order valence-corrected chi connectivity index (χ4v) is 1.96. The molecule has 0 aliphatic rings. The van der Waals surface area contributed by atoms with Crippen LogP contribution in [0.4, 0.5) is 0 Å². The van der Waals surface area contributed by atoms with Gasteiger partial charge in [0.25, 0.3) is 0 Å². The van der Waals surface area contributed by atoms with Gasteiger partial charge in [-0.05, 0) is 37.6 Å². The van der Waals surface area contributed by atoms with Gasteiger partial charge in [-0.15, -0.1) is 0 Å². The number of hydrogen-bond donors (Lipinski definition) is 1. The highest BCUT2D eigenvalue weighted by Crippen LogP contribution is 2.20. The molecule has 0 saturated carbocycles. The van der Waals surface area contributed by atoms with E-state index < -0.39 is 0 Å². The van der Waals surface area contributed by atoms with Crippen molar-refractivity contribution in [3.05, 3.63) is 35.4 Å². The second-order valence-electron chi connectivity index (χ2n) is 4.19. The number of aliphatic hydroxyl groups excluding tert-OH is 1. The van der Waals surface area contributed by atoms with E-state index in [1.165, 1.54) is 5.56 Å². The zero-order valence-corrected chi connectivity index (χ0v) is 10.6. The Hall–Kier alpha value is -0.860. The van der Waals surface area contributed by atoms with Crippen LogP contribution in [0.3, 0.4) is 0 Å². The standard InChI is InChI=1S/C14H23NO/c1-4-15(5-2)11-10-14(16)13-9-7-6-8-12(13)3/h6-9,14,16H,4-5,10-11H2,1-3H3. The minimum absolute atomic E-state index is 0.332. The third-order valence-corrected chi connectivity index (χ3v) is 3.16. The molecule has 0 amide bonds. The summed E-state index contributed by atoms with van der Waals surface area (Å²) in [6.07, 6.45) is 0.480. The maximum Gasteiger partial charge on any atom is 0.0804 e. The smallest absolute Gasteiger partial charge is 0.0804 e. The van der Waals surface area contributed by atoms with Crippen LogP contribution in [0.25, 0.3) is 0 Å². The molecule has 1 rings (SSSR count). The maximum atomic E-state index is 10.1. The van der Waals surface area contributed by atoms with Gasteiger partial charge in [0.2, 0.25) is 0 Å². The molecule has 0 aliphatic heterocycles. The van der Waals surface area contributed by atoms with Gasteiger partial charge in [0.1, 0.15) is 0 Å². The molecule has 0 bridgehead atoms. The van der Waals surface area contributed by atoms with Crippen molar-refractivity contribution in [2.75, 3.05) is 19.6 Å². The molecule has 0 fully saturated rings. The average Bonchev–Trinajstić information content (AvgIpc) is 2.30. The molecule has 1 aromatic rings. The van der Waals surface area contributed by atoms with E-state index in [-0.39, 0.29) is 6.10 Å². The fraction of sp³-hybridized carbons (Fsp3) is 0.571. The lowest BCUT2D eigenvalue weighted by Crippen LogP contribution is -2.25. The molecule has 0 saturated heterocycles. The lowest BCUT2D eigenvalue weighted by atomic mass is 10.0. The molecule has 0 radical (unpaired) electrons. The Bertz CT molecular complexity index is 307. The van der Waals surface area contributed by atoms with Gasteiger partial charge in [0.15, 0.2) is 0 Å². The van der Waals surface area contributed by atoms with E-state index in [9.17, 15) is 5.11 Å². The SMILES string of the molecule is CCN(CC)CCC(O)c1ccccc1C. The minimum Gasteiger partial charge on any atom is -0.388 e. The van der Waals surface area contributed by atoms with Crippen LogP contribution in [0.1, 0.15) is 37.5 Å². The maximum absolute atomic E-state index is 10.1. The number of aryl methyl sites for hydroxylation is 1. The number of benzene rings is 1. The van der Waals surface area contributed by atoms with E-state index >= 15 is 0 Å². The first-order chi connectivity index (χ1) is 7.69. The Labute approximate surface area is 98.9 Å². The molecule has 16 heavy (non-hydrogen) atoms. The molecule has 1 unspecified atom stereocenters. The molecular formula is C14H23NO. The second-order valence-corrected chi connectivity index (χ2v) is 4.19. The van der Waals surface area contributed by atoms with E-state index in [4.69, 9.17) is 0 Å². The van der Waals surface area contributed by atoms with Gasteiger partial charge in [0.05, 0.1) is 6.10 Å². The van der Waals surface area contributed by atoms with Crippen molar-refractivity contribution in [3.8, 4) is 0 Å². The largest absolute Gasteiger partial charge is 0.388 e. The van der Waals surface area contributed by atoms with Crippen LogP contribution in [-0.4, -0.2) is 29.6 Å². The zero-order chi connectivity index (χ0) is 12.0. The Balaban J connectivity index is 2.52. The van der Waals surface area contributed by atoms with Crippen molar-refractivity contribution in [2.24, 2.45) is 0 Å². The first-order valence-corrected chi connectivity index (χ1v) is 6.15. The van der Waals surface area contributed by atoms with Crippen molar-refractivity contribution < 1.29 is 5.11 Å². The van der Waals surface area contributed by atoms with E-state index in [0.717, 1.165) is 31.6 Å². The van der Waals surface area contributed by atoms with E-state index in [2.05, 4.69) is 31.7 Å². The van der Waals surface area contributed by atoms with Crippen molar-refractivity contribution in [3.63, 3.8) is 0 Å². The summed E-state index contributed by atoms with van der Waals surface area (Å²) in [6.45, 7) is 9.43. The molecule has 90 valence electrons. The van der Waals surface area contributed by atoms with Crippen LogP contribution < -0.4 is 0 Å². The van der Waals surface area contributed by atoms with Crippen LogP contribution in [0.15, 0.2) is 24.3 Å². The normalized spacial score (nSPS) is 13.1. The van der Waals surface area contributed by atoms with Crippen molar-refractivity contribution in [2.45, 2.75) is 33.3 Å². The van der Waals surface area contributed by atoms with Gasteiger partial charge in [0, 0.05) is 6.54 Å². The monoisotopic (exact) mass is 221 g/mol. The van der Waals surface area contributed by atoms with Crippen LogP contribution in [0.2, 0.25) is 0 Å². The Morgan fingerprint density at radius 1 is 1.19 bits per heavy atom. The van der Waals surface area contributed by atoms with Crippen molar-refractivity contribution in [1.29, 1.82) is 0 Å². The quantitative estimate of drug-likeness (QED) is 0.798. The lowest BCUT2D eigenvalue weighted by Gasteiger charge is -2.20. The molecule has 1 aromatic carbocycles. The summed E-state index contributed by atoms with van der Waals surface area (Å²) in [4.78, 5) is 2.33. The number of nitrogens with zero attached hydrogens (tertiary/aromatic N) is 1. The van der Waals surface area contributed by atoms with Gasteiger partial charge >= 0.3 is 0 Å². The summed E-state index contributed by atoms with van der Waals surface area (Å²) >= 11 is 0. The summed E-state index contributed by atoms with van der Waals surface area (Å²) in [5.41, 5.74) is 2.24. The van der Waals surface area contributed by atoms with Gasteiger partial charge in [-0.3, -0.25) is 0 Å². The third-order valence-electron chi connectivity index (χ3n) is 3.16. The first-order valence-electron chi connectivity index (χ1n) is 6.15. The first kappa shape index (κ1) is 13.2. The zero-order valence-electron chi connectivity index (χ0n) is 10.6. The Kier molecular flexibility index (Phi) is 5.50. The second kappa shape index (κ2) is 6.66. The molecule has 0 aliphatic carbocycles. The molecule has 0 spiro atoms.